The van der Waals surface area contributed by atoms with Crippen LogP contribution in [0.2, 0.25) is 0 Å². The van der Waals surface area contributed by atoms with Gasteiger partial charge in [-0.2, -0.15) is 0 Å². The zero-order valence-electron chi connectivity index (χ0n) is 15.5. The Morgan fingerprint density at radius 1 is 1.00 bits per heavy atom. The molecule has 2 fully saturated rings. The van der Waals surface area contributed by atoms with E-state index in [9.17, 15) is 4.79 Å². The second-order valence-electron chi connectivity index (χ2n) is 7.86. The minimum atomic E-state index is -0.0345. The molecule has 2 rings (SSSR count). The van der Waals surface area contributed by atoms with Crippen LogP contribution in [0.5, 0.6) is 0 Å². The van der Waals surface area contributed by atoms with E-state index in [1.165, 1.54) is 56.9 Å². The fourth-order valence-electron chi connectivity index (χ4n) is 4.50. The number of allylic oxidation sites excluding steroid dienone is 1. The largest absolute Gasteiger partial charge is 0.459 e. The Morgan fingerprint density at radius 2 is 1.57 bits per heavy atom. The molecule has 2 heteroatoms. The molecular weight excluding hydrogens is 284 g/mol. The summed E-state index contributed by atoms with van der Waals surface area (Å²) in [4.78, 5) is 12.6. The molecule has 0 radical (unpaired) electrons. The van der Waals surface area contributed by atoms with Crippen molar-refractivity contribution in [2.45, 2.75) is 104 Å². The standard InChI is InChI=1S/C21H36O2/c1-4-20(21(22)23-19-13-9-6-10-14-19)17(3)15-16(2)18-11-7-5-8-12-18/h16,18-19H,4-15H2,1-3H3. The first-order valence-corrected chi connectivity index (χ1v) is 10.0. The third-order valence-electron chi connectivity index (χ3n) is 6.02. The van der Waals surface area contributed by atoms with Crippen LogP contribution in [0.15, 0.2) is 11.1 Å². The summed E-state index contributed by atoms with van der Waals surface area (Å²) in [7, 11) is 0. The average molecular weight is 321 g/mol. The Labute approximate surface area is 143 Å². The molecule has 0 saturated heterocycles. The summed E-state index contributed by atoms with van der Waals surface area (Å²) >= 11 is 0. The number of carbonyl (C=O) groups excluding carboxylic acids is 1. The Hall–Kier alpha value is -0.790. The van der Waals surface area contributed by atoms with Gasteiger partial charge in [-0.3, -0.25) is 0 Å². The van der Waals surface area contributed by atoms with E-state index in [1.807, 2.05) is 0 Å². The van der Waals surface area contributed by atoms with Crippen LogP contribution in [-0.4, -0.2) is 12.1 Å². The summed E-state index contributed by atoms with van der Waals surface area (Å²) in [5.74, 6) is 1.51. The molecule has 0 aromatic carbocycles. The van der Waals surface area contributed by atoms with Crippen molar-refractivity contribution in [3.8, 4) is 0 Å². The molecule has 0 aliphatic heterocycles. The molecule has 0 amide bonds. The Balaban J connectivity index is 1.92. The van der Waals surface area contributed by atoms with Crippen LogP contribution in [0.3, 0.4) is 0 Å². The number of hydrogen-bond acceptors (Lipinski definition) is 2. The van der Waals surface area contributed by atoms with Crippen molar-refractivity contribution in [2.75, 3.05) is 0 Å². The zero-order chi connectivity index (χ0) is 16.7. The molecule has 0 aromatic heterocycles. The maximum Gasteiger partial charge on any atom is 0.334 e. The summed E-state index contributed by atoms with van der Waals surface area (Å²) in [5.41, 5.74) is 2.21. The smallest absolute Gasteiger partial charge is 0.334 e. The minimum absolute atomic E-state index is 0.0345. The lowest BCUT2D eigenvalue weighted by Gasteiger charge is -2.28. The highest BCUT2D eigenvalue weighted by Gasteiger charge is 2.24. The van der Waals surface area contributed by atoms with Gasteiger partial charge < -0.3 is 4.74 Å². The molecule has 0 heterocycles. The van der Waals surface area contributed by atoms with E-state index in [4.69, 9.17) is 4.74 Å². The van der Waals surface area contributed by atoms with Crippen LogP contribution in [0.4, 0.5) is 0 Å². The first kappa shape index (κ1) is 18.5. The molecule has 2 nitrogen and oxygen atoms in total. The number of rotatable bonds is 6. The predicted molar refractivity (Wildman–Crippen MR) is 96.3 cm³/mol. The van der Waals surface area contributed by atoms with Gasteiger partial charge in [-0.1, -0.05) is 57.9 Å². The molecule has 132 valence electrons. The zero-order valence-corrected chi connectivity index (χ0v) is 15.5. The van der Waals surface area contributed by atoms with E-state index in [2.05, 4.69) is 20.8 Å². The van der Waals surface area contributed by atoms with Crippen LogP contribution in [0, 0.1) is 11.8 Å². The highest BCUT2D eigenvalue weighted by Crippen LogP contribution is 2.34. The van der Waals surface area contributed by atoms with Gasteiger partial charge in [-0.15, -0.1) is 0 Å². The molecule has 0 N–H and O–H groups in total. The number of esters is 1. The second kappa shape index (κ2) is 9.49. The summed E-state index contributed by atoms with van der Waals surface area (Å²) in [6.45, 7) is 6.62. The highest BCUT2D eigenvalue weighted by atomic mass is 16.5. The van der Waals surface area contributed by atoms with Crippen molar-refractivity contribution in [1.29, 1.82) is 0 Å². The average Bonchev–Trinajstić information content (AvgIpc) is 2.57. The van der Waals surface area contributed by atoms with Crippen molar-refractivity contribution >= 4 is 5.97 Å². The van der Waals surface area contributed by atoms with E-state index in [1.54, 1.807) is 0 Å². The molecule has 2 aliphatic carbocycles. The fourth-order valence-corrected chi connectivity index (χ4v) is 4.50. The summed E-state index contributed by atoms with van der Waals surface area (Å²) in [5, 5.41) is 0. The molecule has 1 atom stereocenters. The lowest BCUT2D eigenvalue weighted by molar-refractivity contribution is -0.145. The Bertz CT molecular complexity index is 398. The lowest BCUT2D eigenvalue weighted by atomic mass is 9.78. The van der Waals surface area contributed by atoms with Gasteiger partial charge in [0.2, 0.25) is 0 Å². The van der Waals surface area contributed by atoms with Gasteiger partial charge in [0, 0.05) is 5.57 Å². The van der Waals surface area contributed by atoms with Crippen molar-refractivity contribution in [3.05, 3.63) is 11.1 Å². The van der Waals surface area contributed by atoms with E-state index in [0.717, 1.165) is 37.2 Å². The topological polar surface area (TPSA) is 26.3 Å². The van der Waals surface area contributed by atoms with Crippen LogP contribution in [0.25, 0.3) is 0 Å². The van der Waals surface area contributed by atoms with Crippen molar-refractivity contribution in [1.82, 2.24) is 0 Å². The van der Waals surface area contributed by atoms with Gasteiger partial charge in [-0.05, 0) is 57.3 Å². The Morgan fingerprint density at radius 3 is 2.13 bits per heavy atom. The van der Waals surface area contributed by atoms with Gasteiger partial charge in [-0.25, -0.2) is 4.79 Å². The van der Waals surface area contributed by atoms with E-state index in [-0.39, 0.29) is 12.1 Å². The molecule has 2 aliphatic rings. The molecule has 0 bridgehead atoms. The van der Waals surface area contributed by atoms with Crippen LogP contribution in [0.1, 0.15) is 97.8 Å². The van der Waals surface area contributed by atoms with Gasteiger partial charge >= 0.3 is 5.97 Å². The quantitative estimate of drug-likeness (QED) is 0.430. The lowest BCUT2D eigenvalue weighted by Crippen LogP contribution is -2.23. The van der Waals surface area contributed by atoms with Crippen molar-refractivity contribution in [2.24, 2.45) is 11.8 Å². The minimum Gasteiger partial charge on any atom is -0.459 e. The molecule has 2 saturated carbocycles. The molecule has 23 heavy (non-hydrogen) atoms. The van der Waals surface area contributed by atoms with Crippen LogP contribution < -0.4 is 0 Å². The van der Waals surface area contributed by atoms with Crippen molar-refractivity contribution < 1.29 is 9.53 Å². The molecule has 0 aromatic rings. The summed E-state index contributed by atoms with van der Waals surface area (Å²) in [6.07, 6.45) is 14.8. The first-order chi connectivity index (χ1) is 11.1. The third kappa shape index (κ3) is 5.65. The van der Waals surface area contributed by atoms with Gasteiger partial charge in [0.25, 0.3) is 0 Å². The van der Waals surface area contributed by atoms with Gasteiger partial charge in [0.05, 0.1) is 0 Å². The fraction of sp³-hybridized carbons (Fsp3) is 0.857. The van der Waals surface area contributed by atoms with Crippen LogP contribution >= 0.6 is 0 Å². The normalized spacial score (nSPS) is 23.3. The van der Waals surface area contributed by atoms with Crippen LogP contribution in [-0.2, 0) is 9.53 Å². The predicted octanol–water partition coefficient (Wildman–Crippen LogP) is 6.20. The molecule has 1 unspecified atom stereocenters. The van der Waals surface area contributed by atoms with Gasteiger partial charge in [0.1, 0.15) is 6.10 Å². The third-order valence-corrected chi connectivity index (χ3v) is 6.02. The Kier molecular flexibility index (Phi) is 7.65. The number of ether oxygens (including phenoxy) is 1. The van der Waals surface area contributed by atoms with E-state index >= 15 is 0 Å². The SMILES string of the molecule is CCC(C(=O)OC1CCCCC1)=C(C)CC(C)C1CCCCC1. The first-order valence-electron chi connectivity index (χ1n) is 10.0. The highest BCUT2D eigenvalue weighted by molar-refractivity contribution is 5.89. The second-order valence-corrected chi connectivity index (χ2v) is 7.86. The summed E-state index contributed by atoms with van der Waals surface area (Å²) in [6, 6.07) is 0. The molecule has 0 spiro atoms. The summed E-state index contributed by atoms with van der Waals surface area (Å²) < 4.78 is 5.80. The van der Waals surface area contributed by atoms with E-state index < -0.39 is 0 Å². The number of carbonyl (C=O) groups is 1. The van der Waals surface area contributed by atoms with Gasteiger partial charge in [0.15, 0.2) is 0 Å². The monoisotopic (exact) mass is 320 g/mol. The molecular formula is C21H36O2. The maximum absolute atomic E-state index is 12.6. The maximum atomic E-state index is 12.6. The van der Waals surface area contributed by atoms with E-state index in [0.29, 0.717) is 5.92 Å². The van der Waals surface area contributed by atoms with Crippen molar-refractivity contribution in [3.63, 3.8) is 0 Å². The number of hydrogen-bond donors (Lipinski definition) is 0.